The average Bonchev–Trinajstić information content (AvgIpc) is 3.13. The van der Waals surface area contributed by atoms with Crippen LogP contribution in [0, 0.1) is 0 Å². The smallest absolute Gasteiger partial charge is 0.233 e. The van der Waals surface area contributed by atoms with Crippen molar-refractivity contribution in [3.05, 3.63) is 29.8 Å². The van der Waals surface area contributed by atoms with Gasteiger partial charge in [-0.05, 0) is 30.5 Å². The van der Waals surface area contributed by atoms with Crippen molar-refractivity contribution in [3.8, 4) is 5.75 Å². The number of hydrogen-bond acceptors (Lipinski definition) is 4. The summed E-state index contributed by atoms with van der Waals surface area (Å²) in [6.45, 7) is 4.08. The Bertz CT molecular complexity index is 561. The summed E-state index contributed by atoms with van der Waals surface area (Å²) in [6, 6.07) is 8.03. The Kier molecular flexibility index (Phi) is 5.41. The van der Waals surface area contributed by atoms with Gasteiger partial charge < -0.3 is 14.7 Å². The van der Waals surface area contributed by atoms with Crippen LogP contribution in [0.1, 0.15) is 31.2 Å². The van der Waals surface area contributed by atoms with Crippen LogP contribution in [0.15, 0.2) is 24.3 Å². The van der Waals surface area contributed by atoms with Crippen LogP contribution in [-0.4, -0.2) is 67.3 Å². The SMILES string of the molecule is COc1cccc(C2(C(=O)N3CCN(CCO)CC3)CCCC2)c1. The number of nitrogens with zero attached hydrogens (tertiary/aromatic N) is 2. The van der Waals surface area contributed by atoms with E-state index >= 15 is 0 Å². The summed E-state index contributed by atoms with van der Waals surface area (Å²) in [5.74, 6) is 1.09. The number of carbonyl (C=O) groups excluding carboxylic acids is 1. The van der Waals surface area contributed by atoms with Crippen LogP contribution in [0.3, 0.4) is 0 Å². The third-order valence-electron chi connectivity index (χ3n) is 5.56. The number of methoxy groups -OCH3 is 1. The molecule has 2 aliphatic rings. The molecule has 0 bridgehead atoms. The van der Waals surface area contributed by atoms with Gasteiger partial charge in [0.05, 0.1) is 19.1 Å². The van der Waals surface area contributed by atoms with Gasteiger partial charge in [0.25, 0.3) is 0 Å². The zero-order valence-electron chi connectivity index (χ0n) is 14.5. The highest BCUT2D eigenvalue weighted by atomic mass is 16.5. The predicted octanol–water partition coefficient (Wildman–Crippen LogP) is 1.64. The highest BCUT2D eigenvalue weighted by Gasteiger charge is 2.45. The number of carbonyl (C=O) groups is 1. The molecule has 1 aliphatic heterocycles. The van der Waals surface area contributed by atoms with E-state index in [1.165, 1.54) is 0 Å². The van der Waals surface area contributed by atoms with Crippen molar-refractivity contribution < 1.29 is 14.6 Å². The molecule has 5 nitrogen and oxygen atoms in total. The largest absolute Gasteiger partial charge is 0.497 e. The number of aliphatic hydroxyl groups excluding tert-OH is 1. The van der Waals surface area contributed by atoms with Gasteiger partial charge in [0.15, 0.2) is 0 Å². The number of benzene rings is 1. The Labute approximate surface area is 144 Å². The highest BCUT2D eigenvalue weighted by Crippen LogP contribution is 2.43. The average molecular weight is 332 g/mol. The summed E-state index contributed by atoms with van der Waals surface area (Å²) in [6.07, 6.45) is 4.06. The molecule has 0 radical (unpaired) electrons. The molecule has 1 saturated carbocycles. The molecule has 1 N–H and O–H groups in total. The van der Waals surface area contributed by atoms with E-state index in [0.29, 0.717) is 6.54 Å². The van der Waals surface area contributed by atoms with Crippen LogP contribution in [0.25, 0.3) is 0 Å². The first-order chi connectivity index (χ1) is 11.7. The number of hydrogen-bond donors (Lipinski definition) is 1. The zero-order chi connectivity index (χ0) is 17.0. The summed E-state index contributed by atoms with van der Waals surface area (Å²) in [5.41, 5.74) is 0.718. The molecule has 132 valence electrons. The standard InChI is InChI=1S/C19H28N2O3/c1-24-17-6-4-5-16(15-17)19(7-2-3-8-19)18(23)21-11-9-20(10-12-21)13-14-22/h4-6,15,22H,2-3,7-14H2,1H3. The molecule has 1 heterocycles. The van der Waals surface area contributed by atoms with Crippen LogP contribution in [0.2, 0.25) is 0 Å². The van der Waals surface area contributed by atoms with E-state index in [1.54, 1.807) is 7.11 Å². The zero-order valence-corrected chi connectivity index (χ0v) is 14.5. The van der Waals surface area contributed by atoms with Gasteiger partial charge in [-0.15, -0.1) is 0 Å². The highest BCUT2D eigenvalue weighted by molar-refractivity contribution is 5.89. The molecular weight excluding hydrogens is 304 g/mol. The van der Waals surface area contributed by atoms with Crippen LogP contribution in [0.5, 0.6) is 5.75 Å². The quantitative estimate of drug-likeness (QED) is 0.891. The summed E-state index contributed by atoms with van der Waals surface area (Å²) < 4.78 is 5.37. The molecule has 1 amide bonds. The van der Waals surface area contributed by atoms with Gasteiger partial charge in [0, 0.05) is 32.7 Å². The monoisotopic (exact) mass is 332 g/mol. The van der Waals surface area contributed by atoms with Crippen molar-refractivity contribution in [2.75, 3.05) is 46.4 Å². The molecule has 1 aromatic carbocycles. The molecular formula is C19H28N2O3. The fraction of sp³-hybridized carbons (Fsp3) is 0.632. The van der Waals surface area contributed by atoms with Crippen LogP contribution in [-0.2, 0) is 10.2 Å². The third kappa shape index (κ3) is 3.28. The minimum Gasteiger partial charge on any atom is -0.497 e. The Morgan fingerprint density at radius 1 is 1.21 bits per heavy atom. The van der Waals surface area contributed by atoms with Crippen molar-refractivity contribution >= 4 is 5.91 Å². The first-order valence-corrected chi connectivity index (χ1v) is 8.97. The van der Waals surface area contributed by atoms with Gasteiger partial charge in [-0.1, -0.05) is 25.0 Å². The van der Waals surface area contributed by atoms with Gasteiger partial charge in [0.1, 0.15) is 5.75 Å². The molecule has 2 fully saturated rings. The van der Waals surface area contributed by atoms with E-state index in [2.05, 4.69) is 11.0 Å². The summed E-state index contributed by atoms with van der Waals surface area (Å²) in [4.78, 5) is 17.6. The van der Waals surface area contributed by atoms with Crippen molar-refractivity contribution in [1.29, 1.82) is 0 Å². The fourth-order valence-electron chi connectivity index (χ4n) is 4.14. The lowest BCUT2D eigenvalue weighted by Crippen LogP contribution is -2.54. The van der Waals surface area contributed by atoms with E-state index in [4.69, 9.17) is 9.84 Å². The second kappa shape index (κ2) is 7.53. The normalized spacial score (nSPS) is 21.0. The topological polar surface area (TPSA) is 53.0 Å². The molecule has 0 aromatic heterocycles. The fourth-order valence-corrected chi connectivity index (χ4v) is 4.14. The van der Waals surface area contributed by atoms with Crippen LogP contribution < -0.4 is 4.74 Å². The van der Waals surface area contributed by atoms with Gasteiger partial charge in [-0.3, -0.25) is 9.69 Å². The second-order valence-corrected chi connectivity index (χ2v) is 6.88. The molecule has 1 aliphatic carbocycles. The molecule has 24 heavy (non-hydrogen) atoms. The molecule has 0 spiro atoms. The Balaban J connectivity index is 1.79. The van der Waals surface area contributed by atoms with E-state index < -0.39 is 0 Å². The van der Waals surface area contributed by atoms with Crippen molar-refractivity contribution in [1.82, 2.24) is 9.80 Å². The lowest BCUT2D eigenvalue weighted by molar-refractivity contribution is -0.139. The van der Waals surface area contributed by atoms with E-state index in [0.717, 1.165) is 63.2 Å². The number of β-amino-alcohol motifs (C(OH)–C–C–N with tert-alkyl or cyclic N) is 1. The summed E-state index contributed by atoms with van der Waals surface area (Å²) in [5, 5.41) is 9.07. The lowest BCUT2D eigenvalue weighted by atomic mass is 9.77. The maximum absolute atomic E-state index is 13.4. The third-order valence-corrected chi connectivity index (χ3v) is 5.56. The summed E-state index contributed by atoms with van der Waals surface area (Å²) in [7, 11) is 1.67. The number of rotatable bonds is 5. The van der Waals surface area contributed by atoms with Crippen LogP contribution >= 0.6 is 0 Å². The van der Waals surface area contributed by atoms with Crippen molar-refractivity contribution in [3.63, 3.8) is 0 Å². The Morgan fingerprint density at radius 3 is 2.54 bits per heavy atom. The second-order valence-electron chi connectivity index (χ2n) is 6.88. The maximum Gasteiger partial charge on any atom is 0.233 e. The molecule has 0 unspecified atom stereocenters. The summed E-state index contributed by atoms with van der Waals surface area (Å²) >= 11 is 0. The molecule has 1 aromatic rings. The van der Waals surface area contributed by atoms with E-state index in [1.807, 2.05) is 23.1 Å². The minimum absolute atomic E-state index is 0.182. The molecule has 0 atom stereocenters. The first kappa shape index (κ1) is 17.2. The van der Waals surface area contributed by atoms with Gasteiger partial charge in [-0.25, -0.2) is 0 Å². The number of piperazine rings is 1. The van der Waals surface area contributed by atoms with Gasteiger partial charge in [0.2, 0.25) is 5.91 Å². The van der Waals surface area contributed by atoms with Gasteiger partial charge in [-0.2, -0.15) is 0 Å². The Morgan fingerprint density at radius 2 is 1.92 bits per heavy atom. The predicted molar refractivity (Wildman–Crippen MR) is 93.2 cm³/mol. The number of amides is 1. The molecule has 1 saturated heterocycles. The number of aliphatic hydroxyl groups is 1. The first-order valence-electron chi connectivity index (χ1n) is 8.97. The number of ether oxygens (including phenoxy) is 1. The minimum atomic E-state index is -0.381. The Hall–Kier alpha value is -1.59. The van der Waals surface area contributed by atoms with Crippen LogP contribution in [0.4, 0.5) is 0 Å². The van der Waals surface area contributed by atoms with E-state index in [9.17, 15) is 4.79 Å². The maximum atomic E-state index is 13.4. The molecule has 3 rings (SSSR count). The van der Waals surface area contributed by atoms with Gasteiger partial charge >= 0.3 is 0 Å². The molecule has 5 heteroatoms. The van der Waals surface area contributed by atoms with Crippen molar-refractivity contribution in [2.24, 2.45) is 0 Å². The lowest BCUT2D eigenvalue weighted by Gasteiger charge is -2.40. The van der Waals surface area contributed by atoms with E-state index in [-0.39, 0.29) is 17.9 Å². The van der Waals surface area contributed by atoms with Crippen molar-refractivity contribution in [2.45, 2.75) is 31.1 Å².